The Morgan fingerprint density at radius 2 is 1.71 bits per heavy atom. The van der Waals surface area contributed by atoms with E-state index >= 15 is 0 Å². The molecule has 0 aliphatic rings. The molecule has 34 heavy (non-hydrogen) atoms. The summed E-state index contributed by atoms with van der Waals surface area (Å²) in [5.41, 5.74) is 0.911. The van der Waals surface area contributed by atoms with Crippen LogP contribution in [0.1, 0.15) is 36.2 Å². The molecule has 2 aromatic heterocycles. The van der Waals surface area contributed by atoms with Crippen LogP contribution < -0.4 is 16.2 Å². The molecule has 0 fully saturated rings. The fraction of sp³-hybridized carbons (Fsp3) is 0.0870. The van der Waals surface area contributed by atoms with Crippen LogP contribution in [0.2, 0.25) is 5.02 Å². The lowest BCUT2D eigenvalue weighted by molar-refractivity contribution is 0.0600. The summed E-state index contributed by atoms with van der Waals surface area (Å²) in [6, 6.07) is 13.8. The smallest absolute Gasteiger partial charge is 0.337 e. The average molecular weight is 497 g/mol. The summed E-state index contributed by atoms with van der Waals surface area (Å²) in [5.74, 6) is -1.80. The number of anilines is 2. The molecule has 172 valence electrons. The first-order valence-electron chi connectivity index (χ1n) is 9.86. The van der Waals surface area contributed by atoms with Crippen molar-refractivity contribution in [3.63, 3.8) is 0 Å². The van der Waals surface area contributed by atoms with Crippen LogP contribution in [0.25, 0.3) is 4.96 Å². The molecule has 11 heteroatoms. The summed E-state index contributed by atoms with van der Waals surface area (Å²) in [7, 11) is 1.27. The molecule has 0 aliphatic carbocycles. The molecule has 4 rings (SSSR count). The summed E-state index contributed by atoms with van der Waals surface area (Å²) >= 11 is 6.91. The van der Waals surface area contributed by atoms with Crippen molar-refractivity contribution in [2.75, 3.05) is 17.7 Å². The van der Waals surface area contributed by atoms with Crippen LogP contribution >= 0.6 is 22.9 Å². The van der Waals surface area contributed by atoms with Gasteiger partial charge in [0.1, 0.15) is 10.6 Å². The largest absolute Gasteiger partial charge is 0.465 e. The van der Waals surface area contributed by atoms with Crippen molar-refractivity contribution < 1.29 is 19.1 Å². The van der Waals surface area contributed by atoms with E-state index in [1.807, 2.05) is 0 Å². The van der Waals surface area contributed by atoms with E-state index in [1.54, 1.807) is 31.2 Å². The Morgan fingerprint density at radius 1 is 1.00 bits per heavy atom. The number of esters is 1. The zero-order valence-electron chi connectivity index (χ0n) is 17.9. The Bertz CT molecular complexity index is 1490. The summed E-state index contributed by atoms with van der Waals surface area (Å²) < 4.78 is 5.77. The highest BCUT2D eigenvalue weighted by atomic mass is 35.5. The Morgan fingerprint density at radius 3 is 2.38 bits per heavy atom. The highest BCUT2D eigenvalue weighted by Gasteiger charge is 2.26. The summed E-state index contributed by atoms with van der Waals surface area (Å²) in [4.78, 5) is 55.2. The average Bonchev–Trinajstić information content (AvgIpc) is 3.19. The lowest BCUT2D eigenvalue weighted by Crippen LogP contribution is -2.25. The number of nitrogens with zero attached hydrogens (tertiary/aromatic N) is 2. The predicted molar refractivity (Wildman–Crippen MR) is 129 cm³/mol. The van der Waals surface area contributed by atoms with E-state index in [-0.39, 0.29) is 15.5 Å². The minimum absolute atomic E-state index is 0.00762. The lowest BCUT2D eigenvalue weighted by atomic mass is 10.2. The highest BCUT2D eigenvalue weighted by molar-refractivity contribution is 7.19. The molecule has 0 saturated heterocycles. The van der Waals surface area contributed by atoms with Gasteiger partial charge in [-0.1, -0.05) is 29.0 Å². The van der Waals surface area contributed by atoms with Crippen molar-refractivity contribution >= 4 is 57.1 Å². The number of benzene rings is 2. The predicted octanol–water partition coefficient (Wildman–Crippen LogP) is 4.01. The maximum Gasteiger partial charge on any atom is 0.337 e. The number of fused-ring (bicyclic) bond motifs is 1. The van der Waals surface area contributed by atoms with Gasteiger partial charge in [-0.25, -0.2) is 14.2 Å². The molecular weight excluding hydrogens is 480 g/mol. The highest BCUT2D eigenvalue weighted by Crippen LogP contribution is 2.25. The van der Waals surface area contributed by atoms with E-state index in [0.717, 1.165) is 15.7 Å². The summed E-state index contributed by atoms with van der Waals surface area (Å²) in [6.45, 7) is 1.65. The number of amides is 2. The zero-order valence-corrected chi connectivity index (χ0v) is 19.5. The molecule has 0 unspecified atom stereocenters. The molecule has 9 nitrogen and oxygen atoms in total. The minimum Gasteiger partial charge on any atom is -0.465 e. The van der Waals surface area contributed by atoms with Crippen LogP contribution in [0.15, 0.2) is 59.4 Å². The number of aryl methyl sites for hydroxylation is 1. The van der Waals surface area contributed by atoms with Crippen LogP contribution in [0.4, 0.5) is 11.4 Å². The number of aromatic nitrogens is 2. The minimum atomic E-state index is -0.674. The van der Waals surface area contributed by atoms with Gasteiger partial charge in [0.25, 0.3) is 17.4 Å². The number of nitrogens with one attached hydrogen (secondary N) is 2. The quantitative estimate of drug-likeness (QED) is 0.403. The second-order valence-electron chi connectivity index (χ2n) is 7.12. The van der Waals surface area contributed by atoms with Crippen LogP contribution in [0.5, 0.6) is 0 Å². The fourth-order valence-corrected chi connectivity index (χ4v) is 4.46. The summed E-state index contributed by atoms with van der Waals surface area (Å²) in [6.07, 6.45) is 0. The number of methoxy groups -OCH3 is 1. The second-order valence-corrected chi connectivity index (χ2v) is 8.54. The van der Waals surface area contributed by atoms with Crippen LogP contribution in [-0.2, 0) is 4.74 Å². The van der Waals surface area contributed by atoms with Gasteiger partial charge in [0.2, 0.25) is 0 Å². The first-order valence-corrected chi connectivity index (χ1v) is 11.1. The molecule has 0 bridgehead atoms. The molecule has 0 spiro atoms. The Balaban J connectivity index is 1.73. The molecule has 2 amide bonds. The van der Waals surface area contributed by atoms with Crippen molar-refractivity contribution in [3.05, 3.63) is 91.8 Å². The molecule has 0 aliphatic heterocycles. The van der Waals surface area contributed by atoms with Gasteiger partial charge >= 0.3 is 5.97 Å². The molecule has 0 atom stereocenters. The van der Waals surface area contributed by atoms with E-state index in [2.05, 4.69) is 20.4 Å². The molecule has 0 radical (unpaired) electrons. The van der Waals surface area contributed by atoms with E-state index in [0.29, 0.717) is 27.7 Å². The van der Waals surface area contributed by atoms with E-state index in [1.165, 1.54) is 37.4 Å². The third kappa shape index (κ3) is 4.68. The number of carbonyl (C=O) groups is 3. The van der Waals surface area contributed by atoms with Gasteiger partial charge in [0.05, 0.1) is 12.7 Å². The van der Waals surface area contributed by atoms with Crippen molar-refractivity contribution in [1.82, 2.24) is 9.38 Å². The maximum atomic E-state index is 13.2. The fourth-order valence-electron chi connectivity index (χ4n) is 3.20. The molecule has 0 saturated carbocycles. The number of halogens is 1. The number of rotatable bonds is 5. The Labute approximate surface area is 202 Å². The van der Waals surface area contributed by atoms with Crippen LogP contribution in [-0.4, -0.2) is 34.3 Å². The molecule has 2 N–H and O–H groups in total. The zero-order chi connectivity index (χ0) is 24.4. The third-order valence-electron chi connectivity index (χ3n) is 4.72. The van der Waals surface area contributed by atoms with Crippen molar-refractivity contribution in [2.45, 2.75) is 6.92 Å². The van der Waals surface area contributed by atoms with Gasteiger partial charge in [-0.15, -0.1) is 0 Å². The van der Waals surface area contributed by atoms with Crippen molar-refractivity contribution in [1.29, 1.82) is 0 Å². The summed E-state index contributed by atoms with van der Waals surface area (Å²) in [5, 5.41) is 5.76. The monoisotopic (exact) mass is 496 g/mol. The topological polar surface area (TPSA) is 119 Å². The second kappa shape index (κ2) is 9.46. The number of carbonyl (C=O) groups excluding carboxylic acids is 3. The van der Waals surface area contributed by atoms with E-state index < -0.39 is 23.3 Å². The molecule has 4 aromatic rings. The van der Waals surface area contributed by atoms with E-state index in [4.69, 9.17) is 11.6 Å². The first kappa shape index (κ1) is 23.1. The number of ether oxygens (including phenoxy) is 1. The van der Waals surface area contributed by atoms with Gasteiger partial charge in [-0.2, -0.15) is 0 Å². The van der Waals surface area contributed by atoms with Gasteiger partial charge in [-0.3, -0.25) is 14.4 Å². The van der Waals surface area contributed by atoms with Gasteiger partial charge in [-0.05, 0) is 49.4 Å². The van der Waals surface area contributed by atoms with Gasteiger partial charge in [0.15, 0.2) is 4.96 Å². The Kier molecular flexibility index (Phi) is 6.44. The third-order valence-corrected chi connectivity index (χ3v) is 5.99. The SMILES string of the molecule is COC(=O)c1ccc(NC(=O)c2sc3nc(C)cc(=O)n3c2C(=O)Nc2cccc(Cl)c2)cc1. The molecular formula is C23H17ClN4O5S. The van der Waals surface area contributed by atoms with Crippen LogP contribution in [0, 0.1) is 6.92 Å². The standard InChI is InChI=1S/C23H17ClN4O5S/c1-12-10-17(29)28-18(20(30)27-16-5-3-4-14(24)11-16)19(34-23(28)25-12)21(31)26-15-8-6-13(7-9-15)22(32)33-2/h3-11H,1-2H3,(H,26,31)(H,27,30). The van der Waals surface area contributed by atoms with Crippen LogP contribution in [0.3, 0.4) is 0 Å². The molecule has 2 aromatic carbocycles. The number of thiazole rings is 1. The van der Waals surface area contributed by atoms with Crippen molar-refractivity contribution in [3.8, 4) is 0 Å². The van der Waals surface area contributed by atoms with Gasteiger partial charge < -0.3 is 15.4 Å². The number of hydrogen-bond donors (Lipinski definition) is 2. The van der Waals surface area contributed by atoms with Crippen molar-refractivity contribution in [2.24, 2.45) is 0 Å². The van der Waals surface area contributed by atoms with Gasteiger partial charge in [0, 0.05) is 28.2 Å². The lowest BCUT2D eigenvalue weighted by Gasteiger charge is -2.09. The Hall–Kier alpha value is -4.02. The van der Waals surface area contributed by atoms with E-state index in [9.17, 15) is 19.2 Å². The maximum absolute atomic E-state index is 13.2. The normalized spacial score (nSPS) is 10.7. The molecule has 2 heterocycles. The number of hydrogen-bond acceptors (Lipinski definition) is 7. The first-order chi connectivity index (χ1) is 16.3.